The molecule has 0 heterocycles. The molecule has 5 aromatic carbocycles. The van der Waals surface area contributed by atoms with Crippen LogP contribution in [0.25, 0.3) is 43.8 Å². The molecular weight excluding hydrogens is 426 g/mol. The van der Waals surface area contributed by atoms with Gasteiger partial charge in [-0.2, -0.15) is 0 Å². The van der Waals surface area contributed by atoms with Crippen LogP contribution in [0.15, 0.2) is 72.8 Å². The van der Waals surface area contributed by atoms with Crippen molar-refractivity contribution < 1.29 is 26.3 Å². The second kappa shape index (κ2) is 7.41. The third-order valence-corrected chi connectivity index (χ3v) is 5.50. The third kappa shape index (κ3) is 2.87. The van der Waals surface area contributed by atoms with Crippen LogP contribution in [0.1, 0.15) is 0 Å². The average Bonchev–Trinajstić information content (AvgIpc) is 2.81. The minimum absolute atomic E-state index is 0.137. The molecule has 5 rings (SSSR count). The summed E-state index contributed by atoms with van der Waals surface area (Å²) < 4.78 is 87.6. The lowest BCUT2D eigenvalue weighted by Crippen LogP contribution is -2.03. The maximum Gasteiger partial charge on any atom is 0.198 e. The van der Waals surface area contributed by atoms with Gasteiger partial charge in [0.1, 0.15) is 11.6 Å². The fraction of sp³-hybridized carbons (Fsp3) is 0. The molecule has 0 amide bonds. The molecule has 0 spiro atoms. The van der Waals surface area contributed by atoms with Gasteiger partial charge in [0.2, 0.25) is 0 Å². The molecule has 158 valence electrons. The standard InChI is InChI=1S/C26H12F6/c27-14-10-11-17(18(28)12-14)20-16-9-5-4-8-15(16)19(13-6-2-1-3-7-13)21-22(20)24(30)26(32)25(31)23(21)29/h1-12H. The van der Waals surface area contributed by atoms with E-state index in [1.807, 2.05) is 0 Å². The Balaban J connectivity index is 2.13. The van der Waals surface area contributed by atoms with Crippen LogP contribution >= 0.6 is 0 Å². The molecule has 32 heavy (non-hydrogen) atoms. The van der Waals surface area contributed by atoms with E-state index < -0.39 is 45.7 Å². The smallest absolute Gasteiger partial charge is 0.198 e. The molecule has 0 fully saturated rings. The number of benzene rings is 5. The minimum atomic E-state index is -2.01. The second-order valence-corrected chi connectivity index (χ2v) is 7.29. The van der Waals surface area contributed by atoms with E-state index in [1.54, 1.807) is 48.5 Å². The average molecular weight is 438 g/mol. The zero-order chi connectivity index (χ0) is 22.6. The largest absolute Gasteiger partial charge is 0.207 e. The number of hydrogen-bond acceptors (Lipinski definition) is 0. The maximum atomic E-state index is 15.2. The minimum Gasteiger partial charge on any atom is -0.207 e. The van der Waals surface area contributed by atoms with Crippen molar-refractivity contribution in [3.05, 3.63) is 108 Å². The van der Waals surface area contributed by atoms with Crippen LogP contribution in [0.4, 0.5) is 26.3 Å². The first kappa shape index (κ1) is 20.1. The molecule has 0 saturated carbocycles. The van der Waals surface area contributed by atoms with E-state index >= 15 is 8.78 Å². The van der Waals surface area contributed by atoms with Crippen LogP contribution in [-0.4, -0.2) is 0 Å². The summed E-state index contributed by atoms with van der Waals surface area (Å²) in [5.41, 5.74) is 0.113. The van der Waals surface area contributed by atoms with Crippen LogP contribution in [-0.2, 0) is 0 Å². The summed E-state index contributed by atoms with van der Waals surface area (Å²) in [6, 6.07) is 17.3. The van der Waals surface area contributed by atoms with E-state index in [4.69, 9.17) is 0 Å². The Bertz CT molecular complexity index is 1520. The van der Waals surface area contributed by atoms with Crippen LogP contribution < -0.4 is 0 Å². The Morgan fingerprint density at radius 1 is 0.469 bits per heavy atom. The van der Waals surface area contributed by atoms with Crippen LogP contribution in [0.5, 0.6) is 0 Å². The van der Waals surface area contributed by atoms with Crippen molar-refractivity contribution in [3.63, 3.8) is 0 Å². The zero-order valence-corrected chi connectivity index (χ0v) is 16.2. The fourth-order valence-corrected chi connectivity index (χ4v) is 4.17. The predicted octanol–water partition coefficient (Wildman–Crippen LogP) is 8.16. The second-order valence-electron chi connectivity index (χ2n) is 7.29. The van der Waals surface area contributed by atoms with Crippen molar-refractivity contribution in [2.24, 2.45) is 0 Å². The molecule has 0 saturated heterocycles. The number of halogens is 6. The van der Waals surface area contributed by atoms with Gasteiger partial charge < -0.3 is 0 Å². The van der Waals surface area contributed by atoms with E-state index in [1.165, 1.54) is 6.07 Å². The first-order chi connectivity index (χ1) is 15.4. The molecule has 0 unspecified atom stereocenters. The Labute approximate surface area is 178 Å². The Morgan fingerprint density at radius 3 is 1.59 bits per heavy atom. The van der Waals surface area contributed by atoms with Gasteiger partial charge in [-0.1, -0.05) is 54.6 Å². The quantitative estimate of drug-likeness (QED) is 0.113. The van der Waals surface area contributed by atoms with Crippen molar-refractivity contribution in [1.29, 1.82) is 0 Å². The molecule has 0 bridgehead atoms. The topological polar surface area (TPSA) is 0 Å². The Morgan fingerprint density at radius 2 is 1.00 bits per heavy atom. The van der Waals surface area contributed by atoms with Gasteiger partial charge in [-0.15, -0.1) is 0 Å². The van der Waals surface area contributed by atoms with Gasteiger partial charge in [0.05, 0.1) is 0 Å². The van der Waals surface area contributed by atoms with Crippen molar-refractivity contribution in [2.75, 3.05) is 0 Å². The summed E-state index contributed by atoms with van der Waals surface area (Å²) >= 11 is 0. The number of rotatable bonds is 2. The van der Waals surface area contributed by atoms with Gasteiger partial charge in [-0.05, 0) is 28.5 Å². The van der Waals surface area contributed by atoms with Gasteiger partial charge in [-0.3, -0.25) is 0 Å². The molecule has 0 atom stereocenters. The summed E-state index contributed by atoms with van der Waals surface area (Å²) in [5.74, 6) is -9.13. The monoisotopic (exact) mass is 438 g/mol. The summed E-state index contributed by atoms with van der Waals surface area (Å²) in [5, 5.41) is -0.502. The fourth-order valence-electron chi connectivity index (χ4n) is 4.17. The van der Waals surface area contributed by atoms with Gasteiger partial charge in [0.15, 0.2) is 23.3 Å². The lowest BCUT2D eigenvalue weighted by atomic mass is 9.85. The van der Waals surface area contributed by atoms with E-state index in [0.717, 1.165) is 12.1 Å². The molecule has 0 aliphatic heterocycles. The van der Waals surface area contributed by atoms with Gasteiger partial charge in [0, 0.05) is 33.5 Å². The highest BCUT2D eigenvalue weighted by molar-refractivity contribution is 6.21. The molecule has 0 radical (unpaired) electrons. The SMILES string of the molecule is Fc1ccc(-c2c3ccccc3c(-c3ccccc3)c3c(F)c(F)c(F)c(F)c23)c(F)c1. The van der Waals surface area contributed by atoms with E-state index in [-0.39, 0.29) is 22.1 Å². The Kier molecular flexibility index (Phi) is 4.66. The van der Waals surface area contributed by atoms with E-state index in [9.17, 15) is 17.6 Å². The lowest BCUT2D eigenvalue weighted by molar-refractivity contribution is 0.418. The normalized spacial score (nSPS) is 11.4. The Hall–Kier alpha value is -3.80. The van der Waals surface area contributed by atoms with E-state index in [2.05, 4.69) is 0 Å². The van der Waals surface area contributed by atoms with E-state index in [0.29, 0.717) is 17.0 Å². The first-order valence-electron chi connectivity index (χ1n) is 9.61. The third-order valence-electron chi connectivity index (χ3n) is 5.50. The molecular formula is C26H12F6. The molecule has 0 aromatic heterocycles. The molecule has 0 nitrogen and oxygen atoms in total. The van der Waals surface area contributed by atoms with Crippen LogP contribution in [0.2, 0.25) is 0 Å². The van der Waals surface area contributed by atoms with Gasteiger partial charge >= 0.3 is 0 Å². The van der Waals surface area contributed by atoms with Gasteiger partial charge in [-0.25, -0.2) is 26.3 Å². The van der Waals surface area contributed by atoms with Crippen molar-refractivity contribution in [2.45, 2.75) is 0 Å². The summed E-state index contributed by atoms with van der Waals surface area (Å²) in [7, 11) is 0. The van der Waals surface area contributed by atoms with Gasteiger partial charge in [0.25, 0.3) is 0 Å². The predicted molar refractivity (Wildman–Crippen MR) is 112 cm³/mol. The van der Waals surface area contributed by atoms with Crippen LogP contribution in [0, 0.1) is 34.9 Å². The molecule has 0 N–H and O–H groups in total. The highest BCUT2D eigenvalue weighted by atomic mass is 19.2. The molecule has 0 aliphatic carbocycles. The highest BCUT2D eigenvalue weighted by Gasteiger charge is 2.28. The summed E-state index contributed by atoms with van der Waals surface area (Å²) in [6.45, 7) is 0. The van der Waals surface area contributed by atoms with Crippen molar-refractivity contribution >= 4 is 21.5 Å². The zero-order valence-electron chi connectivity index (χ0n) is 16.2. The van der Waals surface area contributed by atoms with Crippen LogP contribution in [0.3, 0.4) is 0 Å². The molecule has 0 aliphatic rings. The lowest BCUT2D eigenvalue weighted by Gasteiger charge is -2.19. The van der Waals surface area contributed by atoms with Crippen molar-refractivity contribution in [3.8, 4) is 22.3 Å². The summed E-state index contributed by atoms with van der Waals surface area (Å²) in [4.78, 5) is 0. The molecule has 5 aromatic rings. The molecule has 6 heteroatoms. The first-order valence-corrected chi connectivity index (χ1v) is 9.61. The maximum absolute atomic E-state index is 15.2. The number of hydrogen-bond donors (Lipinski definition) is 0. The number of fused-ring (bicyclic) bond motifs is 2. The van der Waals surface area contributed by atoms with Crippen molar-refractivity contribution in [1.82, 2.24) is 0 Å². The highest BCUT2D eigenvalue weighted by Crippen LogP contribution is 2.46. The summed E-state index contributed by atoms with van der Waals surface area (Å²) in [6.07, 6.45) is 0.